The molecule has 0 N–H and O–H groups in total. The fourth-order valence-corrected chi connectivity index (χ4v) is 2.25. The van der Waals surface area contributed by atoms with Crippen LogP contribution in [0.15, 0.2) is 30.3 Å². The molecule has 0 bridgehead atoms. The van der Waals surface area contributed by atoms with Crippen molar-refractivity contribution < 1.29 is 0 Å². The van der Waals surface area contributed by atoms with Crippen molar-refractivity contribution in [2.45, 2.75) is 57.8 Å². The Morgan fingerprint density at radius 1 is 1.00 bits per heavy atom. The average molecular weight is 217 g/mol. The topological polar surface area (TPSA) is 0 Å². The van der Waals surface area contributed by atoms with Crippen LogP contribution in [0.1, 0.15) is 63.4 Å². The maximum atomic E-state index is 3.88. The van der Waals surface area contributed by atoms with Gasteiger partial charge in [0.2, 0.25) is 0 Å². The molecule has 1 aromatic rings. The molecular weight excluding hydrogens is 192 g/mol. The molecule has 0 heterocycles. The Morgan fingerprint density at radius 2 is 1.69 bits per heavy atom. The standard InChI is InChI=1S/C16H25/c1-3-5-6-7-9-12-15(4-2)16-13-10-8-11-14-16/h8,10-11,13-15H,1,3-7,9,12H2,2H3. The van der Waals surface area contributed by atoms with Gasteiger partial charge in [0, 0.05) is 0 Å². The summed E-state index contributed by atoms with van der Waals surface area (Å²) < 4.78 is 0. The predicted molar refractivity (Wildman–Crippen MR) is 72.5 cm³/mol. The molecule has 1 rings (SSSR count). The number of benzene rings is 1. The first-order chi connectivity index (χ1) is 7.88. The first kappa shape index (κ1) is 13.3. The van der Waals surface area contributed by atoms with Crippen LogP contribution in [0, 0.1) is 6.92 Å². The van der Waals surface area contributed by atoms with Gasteiger partial charge in [-0.25, -0.2) is 0 Å². The highest BCUT2D eigenvalue weighted by Crippen LogP contribution is 2.25. The van der Waals surface area contributed by atoms with Crippen LogP contribution in [-0.4, -0.2) is 0 Å². The summed E-state index contributed by atoms with van der Waals surface area (Å²) in [5.41, 5.74) is 1.52. The Kier molecular flexibility index (Phi) is 6.96. The minimum Gasteiger partial charge on any atom is -0.0648 e. The highest BCUT2D eigenvalue weighted by atomic mass is 14.1. The van der Waals surface area contributed by atoms with E-state index in [2.05, 4.69) is 44.2 Å². The molecule has 1 aromatic carbocycles. The lowest BCUT2D eigenvalue weighted by Gasteiger charge is -2.14. The van der Waals surface area contributed by atoms with Gasteiger partial charge in [-0.1, -0.05) is 76.3 Å². The monoisotopic (exact) mass is 217 g/mol. The third-order valence-electron chi connectivity index (χ3n) is 3.32. The van der Waals surface area contributed by atoms with Gasteiger partial charge in [-0.05, 0) is 24.3 Å². The van der Waals surface area contributed by atoms with Gasteiger partial charge in [0.25, 0.3) is 0 Å². The molecule has 0 aliphatic carbocycles. The van der Waals surface area contributed by atoms with Gasteiger partial charge in [-0.2, -0.15) is 0 Å². The maximum Gasteiger partial charge on any atom is -0.0165 e. The minimum atomic E-state index is 0.765. The summed E-state index contributed by atoms with van der Waals surface area (Å²) in [4.78, 5) is 0. The van der Waals surface area contributed by atoms with Crippen molar-refractivity contribution in [2.24, 2.45) is 0 Å². The Morgan fingerprint density at radius 3 is 2.31 bits per heavy atom. The molecule has 0 nitrogen and oxygen atoms in total. The van der Waals surface area contributed by atoms with E-state index in [-0.39, 0.29) is 0 Å². The van der Waals surface area contributed by atoms with Crippen LogP contribution in [0.5, 0.6) is 0 Å². The summed E-state index contributed by atoms with van der Waals surface area (Å²) in [6.45, 7) is 6.18. The molecule has 0 heteroatoms. The lowest BCUT2D eigenvalue weighted by atomic mass is 9.91. The lowest BCUT2D eigenvalue weighted by Crippen LogP contribution is -1.97. The summed E-state index contributed by atoms with van der Waals surface area (Å²) in [6.07, 6.45) is 9.09. The maximum absolute atomic E-state index is 3.88. The summed E-state index contributed by atoms with van der Waals surface area (Å²) >= 11 is 0. The molecule has 0 aromatic heterocycles. The van der Waals surface area contributed by atoms with Crippen LogP contribution < -0.4 is 0 Å². The first-order valence-electron chi connectivity index (χ1n) is 6.72. The predicted octanol–water partition coefficient (Wildman–Crippen LogP) is 5.35. The zero-order valence-electron chi connectivity index (χ0n) is 10.6. The van der Waals surface area contributed by atoms with E-state index in [1.54, 1.807) is 0 Å². The van der Waals surface area contributed by atoms with Gasteiger partial charge < -0.3 is 0 Å². The third-order valence-corrected chi connectivity index (χ3v) is 3.32. The van der Waals surface area contributed by atoms with E-state index in [1.165, 1.54) is 44.1 Å². The normalized spacial score (nSPS) is 12.6. The second kappa shape index (κ2) is 8.38. The van der Waals surface area contributed by atoms with Crippen LogP contribution in [0.3, 0.4) is 0 Å². The Labute approximate surface area is 101 Å². The van der Waals surface area contributed by atoms with Gasteiger partial charge in [0.15, 0.2) is 0 Å². The molecule has 0 saturated heterocycles. The van der Waals surface area contributed by atoms with Crippen molar-refractivity contribution in [2.75, 3.05) is 0 Å². The molecule has 16 heavy (non-hydrogen) atoms. The molecule has 0 aliphatic heterocycles. The van der Waals surface area contributed by atoms with Crippen LogP contribution in [0.25, 0.3) is 0 Å². The van der Waals surface area contributed by atoms with Crippen molar-refractivity contribution in [3.63, 3.8) is 0 Å². The molecule has 0 saturated carbocycles. The second-order valence-electron chi connectivity index (χ2n) is 4.57. The lowest BCUT2D eigenvalue weighted by molar-refractivity contribution is 0.538. The third kappa shape index (κ3) is 4.83. The van der Waals surface area contributed by atoms with Gasteiger partial charge in [-0.3, -0.25) is 0 Å². The zero-order chi connectivity index (χ0) is 11.6. The largest absolute Gasteiger partial charge is 0.0648 e. The molecule has 1 radical (unpaired) electrons. The highest BCUT2D eigenvalue weighted by molar-refractivity contribution is 5.19. The average Bonchev–Trinajstić information content (AvgIpc) is 2.35. The zero-order valence-corrected chi connectivity index (χ0v) is 10.6. The summed E-state index contributed by atoms with van der Waals surface area (Å²) in [7, 11) is 0. The van der Waals surface area contributed by atoms with Crippen LogP contribution in [0.4, 0.5) is 0 Å². The quantitative estimate of drug-likeness (QED) is 0.514. The Hall–Kier alpha value is -0.780. The molecule has 0 spiro atoms. The number of hydrogen-bond donors (Lipinski definition) is 0. The van der Waals surface area contributed by atoms with Crippen molar-refractivity contribution in [3.8, 4) is 0 Å². The van der Waals surface area contributed by atoms with Gasteiger partial charge in [0.05, 0.1) is 0 Å². The molecule has 89 valence electrons. The van der Waals surface area contributed by atoms with Crippen molar-refractivity contribution in [1.29, 1.82) is 0 Å². The number of unbranched alkanes of at least 4 members (excludes halogenated alkanes) is 4. The first-order valence-corrected chi connectivity index (χ1v) is 6.72. The van der Waals surface area contributed by atoms with E-state index in [4.69, 9.17) is 0 Å². The van der Waals surface area contributed by atoms with E-state index in [1.807, 2.05) is 0 Å². The van der Waals surface area contributed by atoms with Crippen molar-refractivity contribution in [1.82, 2.24) is 0 Å². The summed E-state index contributed by atoms with van der Waals surface area (Å²) in [5, 5.41) is 0. The molecule has 0 fully saturated rings. The summed E-state index contributed by atoms with van der Waals surface area (Å²) in [5.74, 6) is 0.765. The highest BCUT2D eigenvalue weighted by Gasteiger charge is 2.07. The SMILES string of the molecule is [CH2]CCCCCCC(CC)c1ccccc1. The molecule has 0 aliphatic rings. The van der Waals surface area contributed by atoms with Crippen molar-refractivity contribution >= 4 is 0 Å². The van der Waals surface area contributed by atoms with Gasteiger partial charge >= 0.3 is 0 Å². The molecule has 1 atom stereocenters. The van der Waals surface area contributed by atoms with Crippen LogP contribution in [-0.2, 0) is 0 Å². The van der Waals surface area contributed by atoms with E-state index in [0.29, 0.717) is 0 Å². The van der Waals surface area contributed by atoms with Gasteiger partial charge in [0.1, 0.15) is 0 Å². The van der Waals surface area contributed by atoms with E-state index < -0.39 is 0 Å². The fraction of sp³-hybridized carbons (Fsp3) is 0.562. The van der Waals surface area contributed by atoms with Crippen LogP contribution in [0.2, 0.25) is 0 Å². The smallest absolute Gasteiger partial charge is 0.0165 e. The van der Waals surface area contributed by atoms with Crippen molar-refractivity contribution in [3.05, 3.63) is 42.8 Å². The van der Waals surface area contributed by atoms with E-state index in [0.717, 1.165) is 12.3 Å². The molecular formula is C16H25. The number of hydrogen-bond acceptors (Lipinski definition) is 0. The Bertz CT molecular complexity index is 250. The van der Waals surface area contributed by atoms with Crippen LogP contribution >= 0.6 is 0 Å². The summed E-state index contributed by atoms with van der Waals surface area (Å²) in [6, 6.07) is 10.9. The van der Waals surface area contributed by atoms with E-state index in [9.17, 15) is 0 Å². The minimum absolute atomic E-state index is 0.765. The Balaban J connectivity index is 2.27. The van der Waals surface area contributed by atoms with E-state index >= 15 is 0 Å². The molecule has 1 unspecified atom stereocenters. The fourth-order valence-electron chi connectivity index (χ4n) is 2.25. The van der Waals surface area contributed by atoms with Gasteiger partial charge in [-0.15, -0.1) is 0 Å². The number of rotatable bonds is 8. The molecule has 0 amide bonds. The second-order valence-corrected chi connectivity index (χ2v) is 4.57.